The molecule has 1 aliphatic heterocycles. The van der Waals surface area contributed by atoms with Crippen LogP contribution in [-0.2, 0) is 13.1 Å². The molecule has 0 spiro atoms. The fourth-order valence-electron chi connectivity index (χ4n) is 3.13. The highest BCUT2D eigenvalue weighted by Gasteiger charge is 2.16. The first-order chi connectivity index (χ1) is 13.7. The number of fused-ring (bicyclic) bond motifs is 2. The molecule has 2 aromatic carbocycles. The molecule has 140 valence electrons. The van der Waals surface area contributed by atoms with Crippen LogP contribution >= 0.6 is 11.6 Å². The Labute approximate surface area is 163 Å². The predicted molar refractivity (Wildman–Crippen MR) is 102 cm³/mol. The Balaban J connectivity index is 1.47. The van der Waals surface area contributed by atoms with Crippen molar-refractivity contribution in [3.63, 3.8) is 0 Å². The smallest absolute Gasteiger partial charge is 0.283 e. The van der Waals surface area contributed by atoms with E-state index in [0.29, 0.717) is 35.3 Å². The second kappa shape index (κ2) is 6.65. The molecule has 2 aromatic heterocycles. The summed E-state index contributed by atoms with van der Waals surface area (Å²) in [5.41, 5.74) is 2.16. The van der Waals surface area contributed by atoms with Crippen molar-refractivity contribution in [3.8, 4) is 11.5 Å². The number of rotatable bonds is 4. The maximum absolute atomic E-state index is 12.8. The van der Waals surface area contributed by atoms with Crippen molar-refractivity contribution in [2.45, 2.75) is 13.1 Å². The Hall–Kier alpha value is -3.39. The van der Waals surface area contributed by atoms with Crippen LogP contribution in [0.4, 0.5) is 0 Å². The lowest BCUT2D eigenvalue weighted by Crippen LogP contribution is -2.21. The van der Waals surface area contributed by atoms with Gasteiger partial charge in [0.1, 0.15) is 6.33 Å². The monoisotopic (exact) mass is 395 g/mol. The fourth-order valence-corrected chi connectivity index (χ4v) is 3.33. The van der Waals surface area contributed by atoms with E-state index in [4.69, 9.17) is 21.1 Å². The summed E-state index contributed by atoms with van der Waals surface area (Å²) in [7, 11) is 0. The highest BCUT2D eigenvalue weighted by molar-refractivity contribution is 6.31. The molecule has 0 atom stereocenters. The number of hydrogen-bond acceptors (Lipinski definition) is 6. The summed E-state index contributed by atoms with van der Waals surface area (Å²) in [5.74, 6) is 1.37. The first-order valence-electron chi connectivity index (χ1n) is 8.59. The van der Waals surface area contributed by atoms with Crippen molar-refractivity contribution in [2.75, 3.05) is 6.79 Å². The molecular formula is C19H14ClN5O3. The van der Waals surface area contributed by atoms with E-state index in [-0.39, 0.29) is 17.9 Å². The molecule has 0 radical (unpaired) electrons. The summed E-state index contributed by atoms with van der Waals surface area (Å²) < 4.78 is 13.8. The van der Waals surface area contributed by atoms with Gasteiger partial charge in [-0.2, -0.15) is 0 Å². The predicted octanol–water partition coefficient (Wildman–Crippen LogP) is 2.47. The normalized spacial score (nSPS) is 12.6. The van der Waals surface area contributed by atoms with Gasteiger partial charge in [-0.05, 0) is 29.3 Å². The zero-order valence-electron chi connectivity index (χ0n) is 14.6. The van der Waals surface area contributed by atoms with Gasteiger partial charge in [-0.3, -0.25) is 9.36 Å². The van der Waals surface area contributed by atoms with Crippen molar-refractivity contribution in [3.05, 3.63) is 75.3 Å². The van der Waals surface area contributed by atoms with E-state index in [9.17, 15) is 4.79 Å². The summed E-state index contributed by atoms with van der Waals surface area (Å²) >= 11 is 6.21. The van der Waals surface area contributed by atoms with Gasteiger partial charge in [0, 0.05) is 5.02 Å². The number of nitrogens with zero attached hydrogens (tertiary/aromatic N) is 5. The number of halogens is 1. The van der Waals surface area contributed by atoms with E-state index in [1.54, 1.807) is 4.68 Å². The summed E-state index contributed by atoms with van der Waals surface area (Å²) in [5, 5.41) is 8.74. The topological polar surface area (TPSA) is 84.1 Å². The van der Waals surface area contributed by atoms with E-state index in [2.05, 4.69) is 15.3 Å². The van der Waals surface area contributed by atoms with Crippen molar-refractivity contribution in [1.29, 1.82) is 0 Å². The van der Waals surface area contributed by atoms with Crippen LogP contribution < -0.4 is 15.0 Å². The van der Waals surface area contributed by atoms with Crippen LogP contribution in [0, 0.1) is 0 Å². The van der Waals surface area contributed by atoms with Crippen molar-refractivity contribution < 1.29 is 9.47 Å². The Morgan fingerprint density at radius 3 is 2.82 bits per heavy atom. The van der Waals surface area contributed by atoms with Crippen LogP contribution in [0.5, 0.6) is 11.5 Å². The standard InChI is InChI=1S/C19H14ClN5O3/c20-14-4-2-1-3-13(14)9-25-18-17(22-23-25)19(26)24(10-21-18)8-12-5-6-15-16(7-12)28-11-27-15/h1-7,10H,8-9,11H2. The molecule has 1 aliphatic rings. The third-order valence-corrected chi connectivity index (χ3v) is 4.93. The molecule has 3 heterocycles. The molecule has 0 saturated heterocycles. The molecule has 4 aromatic rings. The summed E-state index contributed by atoms with van der Waals surface area (Å²) in [6, 6.07) is 13.0. The minimum Gasteiger partial charge on any atom is -0.454 e. The number of aromatic nitrogens is 5. The summed E-state index contributed by atoms with van der Waals surface area (Å²) in [6.07, 6.45) is 1.50. The van der Waals surface area contributed by atoms with Crippen LogP contribution in [-0.4, -0.2) is 31.3 Å². The van der Waals surface area contributed by atoms with Crippen molar-refractivity contribution >= 4 is 22.8 Å². The summed E-state index contributed by atoms with van der Waals surface area (Å²) in [6.45, 7) is 0.936. The van der Waals surface area contributed by atoms with E-state index in [1.807, 2.05) is 42.5 Å². The largest absolute Gasteiger partial charge is 0.454 e. The van der Waals surface area contributed by atoms with Crippen molar-refractivity contribution in [2.24, 2.45) is 0 Å². The SMILES string of the molecule is O=c1c2nnn(Cc3ccccc3Cl)c2ncn1Cc1ccc2c(c1)OCO2. The van der Waals surface area contributed by atoms with E-state index >= 15 is 0 Å². The molecule has 9 heteroatoms. The molecule has 28 heavy (non-hydrogen) atoms. The van der Waals surface area contributed by atoms with Gasteiger partial charge < -0.3 is 9.47 Å². The van der Waals surface area contributed by atoms with Gasteiger partial charge in [0.2, 0.25) is 6.79 Å². The van der Waals surface area contributed by atoms with E-state index < -0.39 is 0 Å². The zero-order chi connectivity index (χ0) is 19.1. The number of benzene rings is 2. The molecule has 8 nitrogen and oxygen atoms in total. The highest BCUT2D eigenvalue weighted by atomic mass is 35.5. The lowest BCUT2D eigenvalue weighted by Gasteiger charge is -2.07. The molecule has 0 aliphatic carbocycles. The molecule has 5 rings (SSSR count). The summed E-state index contributed by atoms with van der Waals surface area (Å²) in [4.78, 5) is 17.2. The second-order valence-electron chi connectivity index (χ2n) is 6.38. The first-order valence-corrected chi connectivity index (χ1v) is 8.97. The number of hydrogen-bond donors (Lipinski definition) is 0. The minimum atomic E-state index is -0.256. The quantitative estimate of drug-likeness (QED) is 0.527. The van der Waals surface area contributed by atoms with Crippen LogP contribution in [0.3, 0.4) is 0 Å². The van der Waals surface area contributed by atoms with Crippen LogP contribution in [0.25, 0.3) is 11.2 Å². The van der Waals surface area contributed by atoms with Gasteiger partial charge >= 0.3 is 0 Å². The molecular weight excluding hydrogens is 382 g/mol. The maximum Gasteiger partial charge on any atom is 0.283 e. The van der Waals surface area contributed by atoms with Gasteiger partial charge in [-0.25, -0.2) is 9.67 Å². The van der Waals surface area contributed by atoms with Crippen molar-refractivity contribution in [1.82, 2.24) is 24.5 Å². The third kappa shape index (κ3) is 2.87. The lowest BCUT2D eigenvalue weighted by molar-refractivity contribution is 0.174. The molecule has 0 bridgehead atoms. The average molecular weight is 396 g/mol. The second-order valence-corrected chi connectivity index (χ2v) is 6.78. The van der Waals surface area contributed by atoms with Gasteiger partial charge in [0.25, 0.3) is 5.56 Å². The van der Waals surface area contributed by atoms with Crippen LogP contribution in [0.15, 0.2) is 53.6 Å². The van der Waals surface area contributed by atoms with Gasteiger partial charge in [0.15, 0.2) is 22.7 Å². The molecule has 0 unspecified atom stereocenters. The molecule has 0 N–H and O–H groups in total. The Morgan fingerprint density at radius 1 is 1.07 bits per heavy atom. The number of ether oxygens (including phenoxy) is 2. The van der Waals surface area contributed by atoms with E-state index in [0.717, 1.165) is 11.1 Å². The van der Waals surface area contributed by atoms with Gasteiger partial charge in [0.05, 0.1) is 13.1 Å². The average Bonchev–Trinajstić information content (AvgIpc) is 3.33. The van der Waals surface area contributed by atoms with Crippen LogP contribution in [0.2, 0.25) is 5.02 Å². The molecule has 0 fully saturated rings. The Bertz CT molecular complexity index is 1250. The first kappa shape index (κ1) is 16.8. The maximum atomic E-state index is 12.8. The molecule has 0 saturated carbocycles. The van der Waals surface area contributed by atoms with Crippen LogP contribution in [0.1, 0.15) is 11.1 Å². The van der Waals surface area contributed by atoms with E-state index in [1.165, 1.54) is 10.9 Å². The zero-order valence-corrected chi connectivity index (χ0v) is 15.3. The lowest BCUT2D eigenvalue weighted by atomic mass is 10.2. The van der Waals surface area contributed by atoms with Gasteiger partial charge in [-0.1, -0.05) is 41.1 Å². The van der Waals surface area contributed by atoms with Gasteiger partial charge in [-0.15, -0.1) is 5.10 Å². The Morgan fingerprint density at radius 2 is 1.93 bits per heavy atom. The minimum absolute atomic E-state index is 0.209. The highest BCUT2D eigenvalue weighted by Crippen LogP contribution is 2.32. The third-order valence-electron chi connectivity index (χ3n) is 4.56. The fraction of sp³-hybridized carbons (Fsp3) is 0.158. The molecule has 0 amide bonds. The Kier molecular flexibility index (Phi) is 3.98.